The highest BCUT2D eigenvalue weighted by atomic mass is 35.5. The largest absolute Gasteiger partial charge is 0.497 e. The first kappa shape index (κ1) is 26.7. The first-order chi connectivity index (χ1) is 19.6. The Morgan fingerprint density at radius 2 is 1.75 bits per heavy atom. The average Bonchev–Trinajstić information content (AvgIpc) is 3.33. The average molecular weight is 558 g/mol. The lowest BCUT2D eigenvalue weighted by atomic mass is 9.96. The fraction of sp³-hybridized carbons (Fsp3) is 0.375. The molecule has 3 heterocycles. The van der Waals surface area contributed by atoms with Crippen molar-refractivity contribution >= 4 is 34.2 Å². The number of carbonyl (C=O) groups excluding carboxylic acids is 1. The van der Waals surface area contributed by atoms with Gasteiger partial charge in [-0.05, 0) is 67.4 Å². The van der Waals surface area contributed by atoms with Gasteiger partial charge in [-0.3, -0.25) is 9.69 Å². The molecule has 1 amide bonds. The number of aromatic nitrogens is 2. The monoisotopic (exact) mass is 557 g/mol. The fourth-order valence-corrected chi connectivity index (χ4v) is 6.24. The molecule has 6 rings (SSSR count). The molecule has 2 saturated heterocycles. The van der Waals surface area contributed by atoms with Crippen molar-refractivity contribution in [3.8, 4) is 5.75 Å². The van der Waals surface area contributed by atoms with Crippen LogP contribution < -0.4 is 9.64 Å². The van der Waals surface area contributed by atoms with E-state index in [0.717, 1.165) is 98.5 Å². The zero-order valence-electron chi connectivity index (χ0n) is 23.0. The minimum absolute atomic E-state index is 0.0332. The quantitative estimate of drug-likeness (QED) is 0.308. The molecule has 2 aliphatic rings. The zero-order chi connectivity index (χ0) is 27.5. The van der Waals surface area contributed by atoms with Crippen LogP contribution in [0.15, 0.2) is 72.8 Å². The van der Waals surface area contributed by atoms with Crippen LogP contribution in [-0.4, -0.2) is 71.6 Å². The van der Waals surface area contributed by atoms with Crippen LogP contribution in [-0.2, 0) is 17.9 Å². The number of fused-ring (bicyclic) bond motifs is 1. The van der Waals surface area contributed by atoms with Gasteiger partial charge < -0.3 is 19.1 Å². The number of amides is 1. The number of methoxy groups -OCH3 is 1. The Morgan fingerprint density at radius 3 is 2.52 bits per heavy atom. The van der Waals surface area contributed by atoms with Crippen molar-refractivity contribution in [2.24, 2.45) is 5.92 Å². The summed E-state index contributed by atoms with van der Waals surface area (Å²) in [5.74, 6) is 2.22. The molecular formula is C32H36ClN5O2. The number of hydrogen-bond acceptors (Lipinski definition) is 5. The number of benzene rings is 3. The lowest BCUT2D eigenvalue weighted by molar-refractivity contribution is -0.137. The second kappa shape index (κ2) is 11.9. The predicted molar refractivity (Wildman–Crippen MR) is 160 cm³/mol. The Bertz CT molecular complexity index is 1460. The number of para-hydroxylation sites is 2. The van der Waals surface area contributed by atoms with Crippen LogP contribution in [0, 0.1) is 5.92 Å². The van der Waals surface area contributed by atoms with Crippen LogP contribution >= 0.6 is 11.6 Å². The lowest BCUT2D eigenvalue weighted by Gasteiger charge is -2.39. The SMILES string of the molecule is COc1ccc(Cn2c(CN3CCC[C@@H](C(=O)N4CCN(c5cccc(Cl)c5)CC4)C3)nc3ccccc32)cc1. The highest BCUT2D eigenvalue weighted by Crippen LogP contribution is 2.26. The summed E-state index contributed by atoms with van der Waals surface area (Å²) in [5, 5.41) is 0.746. The topological polar surface area (TPSA) is 53.8 Å². The predicted octanol–water partition coefficient (Wildman–Crippen LogP) is 5.31. The summed E-state index contributed by atoms with van der Waals surface area (Å²) in [4.78, 5) is 25.4. The molecule has 8 heteroatoms. The van der Waals surface area contributed by atoms with Crippen LogP contribution in [0.5, 0.6) is 5.75 Å². The number of carbonyl (C=O) groups is 1. The van der Waals surface area contributed by atoms with Crippen LogP contribution in [0.1, 0.15) is 24.2 Å². The van der Waals surface area contributed by atoms with E-state index < -0.39 is 0 Å². The van der Waals surface area contributed by atoms with E-state index in [9.17, 15) is 4.79 Å². The molecule has 2 aliphatic heterocycles. The van der Waals surface area contributed by atoms with Gasteiger partial charge in [0.05, 0.1) is 30.6 Å². The Hall–Kier alpha value is -3.55. The van der Waals surface area contributed by atoms with Crippen molar-refractivity contribution in [1.82, 2.24) is 19.4 Å². The zero-order valence-corrected chi connectivity index (χ0v) is 23.8. The van der Waals surface area contributed by atoms with Gasteiger partial charge in [0, 0.05) is 50.0 Å². The van der Waals surface area contributed by atoms with Crippen molar-refractivity contribution in [1.29, 1.82) is 0 Å². The number of piperazine rings is 1. The summed E-state index contributed by atoms with van der Waals surface area (Å²) in [6.45, 7) is 6.40. The molecule has 4 aromatic rings. The number of anilines is 1. The van der Waals surface area contributed by atoms with E-state index in [0.29, 0.717) is 5.91 Å². The maximum atomic E-state index is 13.6. The number of nitrogens with zero attached hydrogens (tertiary/aromatic N) is 5. The van der Waals surface area contributed by atoms with Crippen LogP contribution in [0.2, 0.25) is 5.02 Å². The number of hydrogen-bond donors (Lipinski definition) is 0. The van der Waals surface area contributed by atoms with Gasteiger partial charge >= 0.3 is 0 Å². The van der Waals surface area contributed by atoms with Gasteiger partial charge in [0.2, 0.25) is 5.91 Å². The molecule has 0 aliphatic carbocycles. The summed E-state index contributed by atoms with van der Waals surface area (Å²) >= 11 is 6.19. The molecule has 1 atom stereocenters. The summed E-state index contributed by atoms with van der Waals surface area (Å²) < 4.78 is 7.65. The van der Waals surface area contributed by atoms with E-state index in [1.807, 2.05) is 36.4 Å². The Morgan fingerprint density at radius 1 is 0.950 bits per heavy atom. The first-order valence-electron chi connectivity index (χ1n) is 14.2. The van der Waals surface area contributed by atoms with Crippen LogP contribution in [0.4, 0.5) is 5.69 Å². The van der Waals surface area contributed by atoms with E-state index in [2.05, 4.69) is 55.7 Å². The molecule has 0 N–H and O–H groups in total. The summed E-state index contributed by atoms with van der Waals surface area (Å²) in [6, 6.07) is 24.5. The van der Waals surface area contributed by atoms with E-state index in [4.69, 9.17) is 21.3 Å². The van der Waals surface area contributed by atoms with Crippen LogP contribution in [0.3, 0.4) is 0 Å². The molecule has 2 fully saturated rings. The van der Waals surface area contributed by atoms with Gasteiger partial charge in [0.25, 0.3) is 0 Å². The molecule has 0 saturated carbocycles. The smallest absolute Gasteiger partial charge is 0.227 e. The Balaban J connectivity index is 1.12. The number of piperidine rings is 1. The number of imidazole rings is 1. The van der Waals surface area contributed by atoms with Crippen molar-refractivity contribution in [2.45, 2.75) is 25.9 Å². The van der Waals surface area contributed by atoms with Gasteiger partial charge in [-0.1, -0.05) is 41.9 Å². The first-order valence-corrected chi connectivity index (χ1v) is 14.5. The van der Waals surface area contributed by atoms with Crippen molar-refractivity contribution in [3.63, 3.8) is 0 Å². The molecule has 3 aromatic carbocycles. The Kier molecular flexibility index (Phi) is 7.93. The molecule has 0 radical (unpaired) electrons. The summed E-state index contributed by atoms with van der Waals surface area (Å²) in [7, 11) is 1.69. The van der Waals surface area contributed by atoms with Crippen molar-refractivity contribution in [2.75, 3.05) is 51.3 Å². The van der Waals surface area contributed by atoms with Gasteiger partial charge in [0.1, 0.15) is 11.6 Å². The van der Waals surface area contributed by atoms with Gasteiger partial charge in [-0.15, -0.1) is 0 Å². The van der Waals surface area contributed by atoms with E-state index in [1.54, 1.807) is 7.11 Å². The second-order valence-corrected chi connectivity index (χ2v) is 11.3. The minimum atomic E-state index is 0.0332. The number of likely N-dealkylation sites (tertiary alicyclic amines) is 1. The second-order valence-electron chi connectivity index (χ2n) is 10.8. The van der Waals surface area contributed by atoms with Crippen molar-refractivity contribution in [3.05, 3.63) is 89.2 Å². The van der Waals surface area contributed by atoms with Gasteiger partial charge in [0.15, 0.2) is 0 Å². The molecule has 7 nitrogen and oxygen atoms in total. The molecule has 1 aromatic heterocycles. The van der Waals surface area contributed by atoms with E-state index in [-0.39, 0.29) is 5.92 Å². The van der Waals surface area contributed by atoms with E-state index >= 15 is 0 Å². The maximum absolute atomic E-state index is 13.6. The third-order valence-electron chi connectivity index (χ3n) is 8.22. The maximum Gasteiger partial charge on any atom is 0.227 e. The van der Waals surface area contributed by atoms with Crippen molar-refractivity contribution < 1.29 is 9.53 Å². The number of ether oxygens (including phenoxy) is 1. The third-order valence-corrected chi connectivity index (χ3v) is 8.45. The fourth-order valence-electron chi connectivity index (χ4n) is 6.05. The molecule has 40 heavy (non-hydrogen) atoms. The van der Waals surface area contributed by atoms with Crippen LogP contribution in [0.25, 0.3) is 11.0 Å². The summed E-state index contributed by atoms with van der Waals surface area (Å²) in [6.07, 6.45) is 1.98. The molecule has 208 valence electrons. The summed E-state index contributed by atoms with van der Waals surface area (Å²) in [5.41, 5.74) is 4.47. The molecule has 0 unspecified atom stereocenters. The standard InChI is InChI=1S/C32H36ClN5O2/c1-40-28-13-11-24(12-14-28)21-38-30-10-3-2-9-29(30)34-31(38)23-35-15-5-6-25(22-35)32(39)37-18-16-36(17-19-37)27-8-4-7-26(33)20-27/h2-4,7-14,20,25H,5-6,15-19,21-23H2,1H3/t25-/m1/s1. The highest BCUT2D eigenvalue weighted by molar-refractivity contribution is 6.30. The molecular weight excluding hydrogens is 522 g/mol. The van der Waals surface area contributed by atoms with E-state index in [1.165, 1.54) is 5.56 Å². The lowest BCUT2D eigenvalue weighted by Crippen LogP contribution is -2.52. The highest BCUT2D eigenvalue weighted by Gasteiger charge is 2.31. The third kappa shape index (κ3) is 5.81. The van der Waals surface area contributed by atoms with Gasteiger partial charge in [-0.2, -0.15) is 0 Å². The van der Waals surface area contributed by atoms with Gasteiger partial charge in [-0.25, -0.2) is 4.98 Å². The normalized spacial score (nSPS) is 18.3. The number of rotatable bonds is 7. The number of halogens is 1. The molecule has 0 spiro atoms. The Labute approximate surface area is 240 Å². The minimum Gasteiger partial charge on any atom is -0.497 e. The molecule has 0 bridgehead atoms.